The van der Waals surface area contributed by atoms with Crippen LogP contribution in [0.1, 0.15) is 54.9 Å². The van der Waals surface area contributed by atoms with E-state index in [0.717, 1.165) is 6.42 Å². The van der Waals surface area contributed by atoms with Crippen molar-refractivity contribution in [3.8, 4) is 0 Å². The van der Waals surface area contributed by atoms with Crippen molar-refractivity contribution < 1.29 is 19.1 Å². The first kappa shape index (κ1) is 18.7. The summed E-state index contributed by atoms with van der Waals surface area (Å²) in [5, 5.41) is 2.61. The van der Waals surface area contributed by atoms with Crippen LogP contribution in [-0.4, -0.2) is 30.3 Å². The lowest BCUT2D eigenvalue weighted by Gasteiger charge is -2.27. The quantitative estimate of drug-likeness (QED) is 0.762. The van der Waals surface area contributed by atoms with Crippen molar-refractivity contribution in [3.05, 3.63) is 0 Å². The summed E-state index contributed by atoms with van der Waals surface area (Å²) in [5.74, 6) is -0.186. The Labute approximate surface area is 122 Å². The maximum absolute atomic E-state index is 12.1. The summed E-state index contributed by atoms with van der Waals surface area (Å²) in [6.45, 7) is 13.5. The number of amides is 1. The van der Waals surface area contributed by atoms with Gasteiger partial charge in [0.2, 0.25) is 0 Å². The summed E-state index contributed by atoms with van der Waals surface area (Å²) >= 11 is 0. The van der Waals surface area contributed by atoms with E-state index in [-0.39, 0.29) is 11.8 Å². The molecular weight excluding hydrogens is 258 g/mol. The third-order valence-corrected chi connectivity index (χ3v) is 2.69. The minimum absolute atomic E-state index is 0.0172. The molecule has 20 heavy (non-hydrogen) atoms. The van der Waals surface area contributed by atoms with Crippen LogP contribution < -0.4 is 5.32 Å². The average molecular weight is 287 g/mol. The van der Waals surface area contributed by atoms with E-state index in [1.165, 1.54) is 0 Å². The molecule has 0 bridgehead atoms. The number of carbonyl (C=O) groups excluding carboxylic acids is 2. The molecule has 0 rings (SSSR count). The maximum Gasteiger partial charge on any atom is 0.407 e. The molecule has 118 valence electrons. The normalized spacial score (nSPS) is 14.6. The second-order valence-corrected chi connectivity index (χ2v) is 6.53. The fourth-order valence-corrected chi connectivity index (χ4v) is 1.45. The third-order valence-electron chi connectivity index (χ3n) is 2.69. The highest BCUT2D eigenvalue weighted by Crippen LogP contribution is 2.15. The third kappa shape index (κ3) is 8.02. The minimum atomic E-state index is -0.682. The number of rotatable bonds is 6. The number of ether oxygens (including phenoxy) is 2. The van der Waals surface area contributed by atoms with Crippen LogP contribution in [0.2, 0.25) is 0 Å². The van der Waals surface area contributed by atoms with E-state index in [0.29, 0.717) is 6.61 Å². The van der Waals surface area contributed by atoms with Crippen molar-refractivity contribution in [2.75, 3.05) is 6.61 Å². The monoisotopic (exact) mass is 287 g/mol. The predicted octanol–water partition coefficient (Wildman–Crippen LogP) is 3.13. The van der Waals surface area contributed by atoms with Crippen LogP contribution in [0.25, 0.3) is 0 Å². The fourth-order valence-electron chi connectivity index (χ4n) is 1.45. The van der Waals surface area contributed by atoms with Gasteiger partial charge in [-0.1, -0.05) is 34.1 Å². The molecule has 1 amide bonds. The standard InChI is InChI=1S/C15H29NO4/c1-8-11(4)12(13(17)20-15(5,6)7)16-14(18)19-9-10(2)3/h10-12H,8-9H2,1-7H3,(H,16,18)/t11-,12-/m0/s1. The average Bonchev–Trinajstić information content (AvgIpc) is 2.30. The number of alkyl carbamates (subject to hydrolysis) is 1. The van der Waals surface area contributed by atoms with Gasteiger partial charge in [0.15, 0.2) is 0 Å². The highest BCUT2D eigenvalue weighted by molar-refractivity contribution is 5.81. The Bertz CT molecular complexity index is 320. The molecule has 0 aliphatic carbocycles. The van der Waals surface area contributed by atoms with Crippen molar-refractivity contribution >= 4 is 12.1 Å². The van der Waals surface area contributed by atoms with Crippen LogP contribution in [-0.2, 0) is 14.3 Å². The molecule has 5 nitrogen and oxygen atoms in total. The first-order chi connectivity index (χ1) is 9.06. The molecule has 0 spiro atoms. The summed E-state index contributed by atoms with van der Waals surface area (Å²) in [6.07, 6.45) is 0.184. The fraction of sp³-hybridized carbons (Fsp3) is 0.867. The van der Waals surface area contributed by atoms with Crippen LogP contribution in [0.5, 0.6) is 0 Å². The summed E-state index contributed by atoms with van der Waals surface area (Å²) in [5.41, 5.74) is -0.577. The van der Waals surface area contributed by atoms with Gasteiger partial charge in [-0.15, -0.1) is 0 Å². The van der Waals surface area contributed by atoms with Gasteiger partial charge >= 0.3 is 12.1 Å². The van der Waals surface area contributed by atoms with Crippen molar-refractivity contribution in [1.29, 1.82) is 0 Å². The van der Waals surface area contributed by atoms with Crippen molar-refractivity contribution in [3.63, 3.8) is 0 Å². The number of carbonyl (C=O) groups is 2. The second kappa shape index (κ2) is 8.12. The SMILES string of the molecule is CC[C@H](C)[C@H](NC(=O)OCC(C)C)C(=O)OC(C)(C)C. The number of hydrogen-bond acceptors (Lipinski definition) is 4. The van der Waals surface area contributed by atoms with Gasteiger partial charge in [0.1, 0.15) is 11.6 Å². The zero-order valence-electron chi connectivity index (χ0n) is 13.8. The minimum Gasteiger partial charge on any atom is -0.458 e. The van der Waals surface area contributed by atoms with E-state index in [1.54, 1.807) is 20.8 Å². The van der Waals surface area contributed by atoms with Gasteiger partial charge in [0.05, 0.1) is 6.61 Å². The maximum atomic E-state index is 12.1. The second-order valence-electron chi connectivity index (χ2n) is 6.53. The van der Waals surface area contributed by atoms with Gasteiger partial charge in [0, 0.05) is 0 Å². The summed E-state index contributed by atoms with van der Waals surface area (Å²) in [6, 6.07) is -0.682. The topological polar surface area (TPSA) is 64.6 Å². The van der Waals surface area contributed by atoms with Crippen molar-refractivity contribution in [2.45, 2.75) is 66.5 Å². The highest BCUT2D eigenvalue weighted by Gasteiger charge is 2.30. The van der Waals surface area contributed by atoms with Crippen LogP contribution in [0.4, 0.5) is 4.79 Å². The van der Waals surface area contributed by atoms with Crippen molar-refractivity contribution in [1.82, 2.24) is 5.32 Å². The lowest BCUT2D eigenvalue weighted by Crippen LogP contribution is -2.48. The van der Waals surface area contributed by atoms with E-state index < -0.39 is 23.7 Å². The molecular formula is C15H29NO4. The first-order valence-electron chi connectivity index (χ1n) is 7.23. The van der Waals surface area contributed by atoms with Gasteiger partial charge in [-0.25, -0.2) is 9.59 Å². The van der Waals surface area contributed by atoms with Crippen LogP contribution in [0.3, 0.4) is 0 Å². The highest BCUT2D eigenvalue weighted by atomic mass is 16.6. The van der Waals surface area contributed by atoms with Gasteiger partial charge in [-0.3, -0.25) is 0 Å². The zero-order chi connectivity index (χ0) is 15.9. The molecule has 2 atom stereocenters. The van der Waals surface area contributed by atoms with E-state index in [1.807, 2.05) is 27.7 Å². The largest absolute Gasteiger partial charge is 0.458 e. The Morgan fingerprint density at radius 2 is 1.70 bits per heavy atom. The lowest BCUT2D eigenvalue weighted by molar-refractivity contribution is -0.158. The Morgan fingerprint density at radius 3 is 2.10 bits per heavy atom. The molecule has 0 aromatic heterocycles. The first-order valence-corrected chi connectivity index (χ1v) is 7.23. The van der Waals surface area contributed by atoms with Crippen LogP contribution in [0.15, 0.2) is 0 Å². The Balaban J connectivity index is 4.65. The van der Waals surface area contributed by atoms with Crippen LogP contribution >= 0.6 is 0 Å². The molecule has 1 N–H and O–H groups in total. The molecule has 0 saturated carbocycles. The molecule has 0 aliphatic rings. The van der Waals surface area contributed by atoms with E-state index in [4.69, 9.17) is 9.47 Å². The van der Waals surface area contributed by atoms with Gasteiger partial charge in [-0.05, 0) is 32.6 Å². The Hall–Kier alpha value is -1.26. The van der Waals surface area contributed by atoms with E-state index in [9.17, 15) is 9.59 Å². The molecule has 0 aliphatic heterocycles. The van der Waals surface area contributed by atoms with Crippen LogP contribution in [0, 0.1) is 11.8 Å². The summed E-state index contributed by atoms with van der Waals surface area (Å²) in [4.78, 5) is 23.8. The van der Waals surface area contributed by atoms with Gasteiger partial charge < -0.3 is 14.8 Å². The van der Waals surface area contributed by atoms with Gasteiger partial charge in [-0.2, -0.15) is 0 Å². The molecule has 0 unspecified atom stereocenters. The Morgan fingerprint density at radius 1 is 1.15 bits per heavy atom. The molecule has 0 heterocycles. The molecule has 0 aromatic carbocycles. The van der Waals surface area contributed by atoms with E-state index in [2.05, 4.69) is 5.32 Å². The summed E-state index contributed by atoms with van der Waals surface area (Å²) < 4.78 is 10.4. The molecule has 0 aromatic rings. The van der Waals surface area contributed by atoms with E-state index >= 15 is 0 Å². The number of hydrogen-bond donors (Lipinski definition) is 1. The van der Waals surface area contributed by atoms with Crippen molar-refractivity contribution in [2.24, 2.45) is 11.8 Å². The zero-order valence-corrected chi connectivity index (χ0v) is 13.8. The Kier molecular flexibility index (Phi) is 7.61. The number of esters is 1. The summed E-state index contributed by atoms with van der Waals surface area (Å²) in [7, 11) is 0. The predicted molar refractivity (Wildman–Crippen MR) is 78.4 cm³/mol. The molecule has 0 fully saturated rings. The number of nitrogens with one attached hydrogen (secondary N) is 1. The smallest absolute Gasteiger partial charge is 0.407 e. The van der Waals surface area contributed by atoms with Gasteiger partial charge in [0.25, 0.3) is 0 Å². The molecule has 5 heteroatoms. The molecule has 0 radical (unpaired) electrons. The lowest BCUT2D eigenvalue weighted by atomic mass is 9.99. The molecule has 0 saturated heterocycles.